The second-order valence-electron chi connectivity index (χ2n) is 7.93. The van der Waals surface area contributed by atoms with Crippen LogP contribution in [0.4, 0.5) is 5.69 Å². The Hall–Kier alpha value is -4.64. The van der Waals surface area contributed by atoms with Gasteiger partial charge in [0.2, 0.25) is 0 Å². The third-order valence-electron chi connectivity index (χ3n) is 5.63. The van der Waals surface area contributed by atoms with Crippen molar-refractivity contribution in [3.63, 3.8) is 0 Å². The van der Waals surface area contributed by atoms with Crippen LogP contribution < -0.4 is 4.72 Å². The Balaban J connectivity index is 1.49. The Labute approximate surface area is 206 Å². The van der Waals surface area contributed by atoms with Crippen LogP contribution in [-0.4, -0.2) is 44.6 Å². The van der Waals surface area contributed by atoms with E-state index >= 15 is 0 Å². The molecule has 0 amide bonds. The predicted octanol–water partition coefficient (Wildman–Crippen LogP) is 4.14. The molecule has 0 unspecified atom stereocenters. The topological polar surface area (TPSA) is 151 Å². The van der Waals surface area contributed by atoms with E-state index in [9.17, 15) is 18.3 Å². The van der Waals surface area contributed by atoms with Crippen LogP contribution >= 0.6 is 0 Å². The van der Waals surface area contributed by atoms with Crippen LogP contribution in [-0.2, 0) is 16.4 Å². The van der Waals surface area contributed by atoms with Crippen molar-refractivity contribution in [2.24, 2.45) is 0 Å². The van der Waals surface area contributed by atoms with Gasteiger partial charge in [-0.3, -0.25) is 19.8 Å². The fraction of sp³-hybridized carbons (Fsp3) is 0.0800. The Morgan fingerprint density at radius 2 is 1.86 bits per heavy atom. The lowest BCUT2D eigenvalue weighted by Gasteiger charge is -2.09. The SMILES string of the molecule is CCc1ccc(-c2[nH]nc3nc(-c4ccc(NS(=O)(=O)c5cccnc5)cn4)cc(C(=O)O)c23)cc1. The third-order valence-corrected chi connectivity index (χ3v) is 6.99. The van der Waals surface area contributed by atoms with Crippen molar-refractivity contribution < 1.29 is 18.3 Å². The number of aryl methyl sites for hydroxylation is 1. The average Bonchev–Trinajstić information content (AvgIpc) is 3.33. The monoisotopic (exact) mass is 500 g/mol. The van der Waals surface area contributed by atoms with Crippen LogP contribution in [0, 0.1) is 0 Å². The number of nitrogens with zero attached hydrogens (tertiary/aromatic N) is 4. The predicted molar refractivity (Wildman–Crippen MR) is 134 cm³/mol. The lowest BCUT2D eigenvalue weighted by molar-refractivity contribution is 0.0699. The minimum absolute atomic E-state index is 0.0194. The molecule has 5 aromatic rings. The van der Waals surface area contributed by atoms with Crippen molar-refractivity contribution in [1.82, 2.24) is 25.1 Å². The zero-order chi connectivity index (χ0) is 25.3. The molecule has 0 aliphatic rings. The molecule has 11 heteroatoms. The van der Waals surface area contributed by atoms with Crippen molar-refractivity contribution in [1.29, 1.82) is 0 Å². The van der Waals surface area contributed by atoms with E-state index in [0.717, 1.165) is 12.0 Å². The molecule has 0 aliphatic carbocycles. The second-order valence-corrected chi connectivity index (χ2v) is 9.62. The van der Waals surface area contributed by atoms with Gasteiger partial charge in [0.15, 0.2) is 5.65 Å². The molecule has 4 aromatic heterocycles. The fourth-order valence-electron chi connectivity index (χ4n) is 3.77. The van der Waals surface area contributed by atoms with Crippen LogP contribution in [0.5, 0.6) is 0 Å². The minimum Gasteiger partial charge on any atom is -0.478 e. The van der Waals surface area contributed by atoms with Crippen molar-refractivity contribution in [2.45, 2.75) is 18.2 Å². The van der Waals surface area contributed by atoms with Crippen LogP contribution in [0.25, 0.3) is 33.7 Å². The van der Waals surface area contributed by atoms with Gasteiger partial charge >= 0.3 is 5.97 Å². The molecule has 0 radical (unpaired) electrons. The number of benzene rings is 1. The quantitative estimate of drug-likeness (QED) is 0.302. The maximum absolute atomic E-state index is 12.5. The number of aromatic carboxylic acids is 1. The minimum atomic E-state index is -3.83. The summed E-state index contributed by atoms with van der Waals surface area (Å²) in [4.78, 5) is 24.8. The van der Waals surface area contributed by atoms with E-state index in [2.05, 4.69) is 36.8 Å². The molecular weight excluding hydrogens is 480 g/mol. The van der Waals surface area contributed by atoms with Crippen LogP contribution in [0.15, 0.2) is 78.1 Å². The van der Waals surface area contributed by atoms with Crippen molar-refractivity contribution in [3.8, 4) is 22.6 Å². The van der Waals surface area contributed by atoms with Gasteiger partial charge < -0.3 is 5.11 Å². The number of aromatic amines is 1. The zero-order valence-corrected chi connectivity index (χ0v) is 19.8. The van der Waals surface area contributed by atoms with Crippen LogP contribution in [0.1, 0.15) is 22.8 Å². The van der Waals surface area contributed by atoms with Gasteiger partial charge in [-0.15, -0.1) is 0 Å². The summed E-state index contributed by atoms with van der Waals surface area (Å²) in [5, 5.41) is 17.5. The third kappa shape index (κ3) is 4.39. The summed E-state index contributed by atoms with van der Waals surface area (Å²) in [6.07, 6.45) is 4.95. The Bertz CT molecular complexity index is 1670. The van der Waals surface area contributed by atoms with Crippen molar-refractivity contribution in [2.75, 3.05) is 4.72 Å². The number of carbonyl (C=O) groups is 1. The normalized spacial score (nSPS) is 11.5. The van der Waals surface area contributed by atoms with E-state index in [-0.39, 0.29) is 21.8 Å². The summed E-state index contributed by atoms with van der Waals surface area (Å²) >= 11 is 0. The van der Waals surface area contributed by atoms with E-state index in [1.54, 1.807) is 6.07 Å². The zero-order valence-electron chi connectivity index (χ0n) is 19.0. The average molecular weight is 501 g/mol. The molecular formula is C25H20N6O4S. The van der Waals surface area contributed by atoms with E-state index in [0.29, 0.717) is 22.5 Å². The number of rotatable bonds is 7. The molecule has 4 heterocycles. The van der Waals surface area contributed by atoms with Crippen LogP contribution in [0.2, 0.25) is 0 Å². The highest BCUT2D eigenvalue weighted by Crippen LogP contribution is 2.31. The smallest absolute Gasteiger partial charge is 0.336 e. The molecule has 1 aromatic carbocycles. The molecule has 0 aliphatic heterocycles. The van der Waals surface area contributed by atoms with Gasteiger partial charge in [0.1, 0.15) is 4.90 Å². The van der Waals surface area contributed by atoms with Gasteiger partial charge in [-0.2, -0.15) is 5.10 Å². The Kier molecular flexibility index (Phi) is 5.90. The summed E-state index contributed by atoms with van der Waals surface area (Å²) < 4.78 is 27.5. The first-order chi connectivity index (χ1) is 17.4. The molecule has 0 bridgehead atoms. The fourth-order valence-corrected chi connectivity index (χ4v) is 4.77. The number of pyridine rings is 3. The number of H-pyrrole nitrogens is 1. The molecule has 10 nitrogen and oxygen atoms in total. The standard InChI is InChI=1S/C25H20N6O4S/c1-2-15-5-7-16(8-6-15)23-22-19(25(32)33)12-21(28-24(22)30-29-23)20-10-9-17(13-27-20)31-36(34,35)18-4-3-11-26-14-18/h3-14,31H,2H2,1H3,(H,32,33)(H,28,29,30). The van der Waals surface area contributed by atoms with Crippen molar-refractivity contribution >= 4 is 32.7 Å². The van der Waals surface area contributed by atoms with Gasteiger partial charge in [-0.1, -0.05) is 31.2 Å². The second kappa shape index (κ2) is 9.19. The van der Waals surface area contributed by atoms with E-state index in [1.807, 2.05) is 24.3 Å². The maximum atomic E-state index is 12.5. The molecule has 0 spiro atoms. The van der Waals surface area contributed by atoms with Gasteiger partial charge in [0, 0.05) is 18.0 Å². The Morgan fingerprint density at radius 1 is 1.06 bits per heavy atom. The first-order valence-electron chi connectivity index (χ1n) is 11.0. The Morgan fingerprint density at radius 3 is 2.50 bits per heavy atom. The highest BCUT2D eigenvalue weighted by atomic mass is 32.2. The number of nitrogens with one attached hydrogen (secondary N) is 2. The highest BCUT2D eigenvalue weighted by molar-refractivity contribution is 7.92. The number of anilines is 1. The number of hydrogen-bond acceptors (Lipinski definition) is 7. The molecule has 180 valence electrons. The molecule has 0 saturated carbocycles. The number of fused-ring (bicyclic) bond motifs is 1. The number of aromatic nitrogens is 5. The van der Waals surface area contributed by atoms with E-state index in [1.165, 1.54) is 48.4 Å². The summed E-state index contributed by atoms with van der Waals surface area (Å²) in [5.74, 6) is -1.13. The molecule has 5 rings (SSSR count). The summed E-state index contributed by atoms with van der Waals surface area (Å²) in [6, 6.07) is 15.3. The molecule has 0 saturated heterocycles. The molecule has 0 fully saturated rings. The lowest BCUT2D eigenvalue weighted by Crippen LogP contribution is -2.13. The number of sulfonamides is 1. The molecule has 3 N–H and O–H groups in total. The molecule has 0 atom stereocenters. The molecule has 36 heavy (non-hydrogen) atoms. The van der Waals surface area contributed by atoms with Gasteiger partial charge in [-0.05, 0) is 42.3 Å². The van der Waals surface area contributed by atoms with Gasteiger partial charge in [0.25, 0.3) is 10.0 Å². The number of carboxylic acids is 1. The maximum Gasteiger partial charge on any atom is 0.336 e. The largest absolute Gasteiger partial charge is 0.478 e. The lowest BCUT2D eigenvalue weighted by atomic mass is 10.0. The van der Waals surface area contributed by atoms with E-state index < -0.39 is 16.0 Å². The summed E-state index contributed by atoms with van der Waals surface area (Å²) in [5.41, 5.74) is 3.69. The first kappa shape index (κ1) is 23.1. The first-order valence-corrected chi connectivity index (χ1v) is 12.4. The van der Waals surface area contributed by atoms with Crippen LogP contribution in [0.3, 0.4) is 0 Å². The highest BCUT2D eigenvalue weighted by Gasteiger charge is 2.20. The summed E-state index contributed by atoms with van der Waals surface area (Å²) in [7, 11) is -3.83. The summed E-state index contributed by atoms with van der Waals surface area (Å²) in [6.45, 7) is 2.06. The van der Waals surface area contributed by atoms with E-state index in [4.69, 9.17) is 0 Å². The van der Waals surface area contributed by atoms with Crippen molar-refractivity contribution in [3.05, 3.63) is 84.3 Å². The number of hydrogen-bond donors (Lipinski definition) is 3. The van der Waals surface area contributed by atoms with Gasteiger partial charge in [0.05, 0.1) is 39.9 Å². The number of carboxylic acid groups (broad SMARTS) is 1. The van der Waals surface area contributed by atoms with Gasteiger partial charge in [-0.25, -0.2) is 18.2 Å².